The van der Waals surface area contributed by atoms with Crippen LogP contribution >= 0.6 is 15.9 Å². The number of piperidine rings is 1. The normalized spacial score (nSPS) is 24.9. The fourth-order valence-electron chi connectivity index (χ4n) is 8.70. The molecule has 2 amide bonds. The van der Waals surface area contributed by atoms with Gasteiger partial charge in [-0.25, -0.2) is 0 Å². The third-order valence-electron chi connectivity index (χ3n) is 11.0. The van der Waals surface area contributed by atoms with Gasteiger partial charge in [0.2, 0.25) is 11.8 Å². The maximum Gasteiger partial charge on any atom is 0.455 e. The number of carbonyl (C=O) groups is 2. The summed E-state index contributed by atoms with van der Waals surface area (Å²) >= 11 is 3.52. The zero-order valence-electron chi connectivity index (χ0n) is 28.4. The first-order chi connectivity index (χ1) is 24.3. The van der Waals surface area contributed by atoms with Gasteiger partial charge in [0.15, 0.2) is 0 Å². The zero-order valence-corrected chi connectivity index (χ0v) is 30.0. The monoisotopic (exact) mass is 738 g/mol. The molecule has 0 saturated carbocycles. The highest BCUT2D eigenvalue weighted by Crippen LogP contribution is 2.51. The number of hydrogen-bond donors (Lipinski definition) is 2. The lowest BCUT2D eigenvalue weighted by molar-refractivity contribution is -0.144. The van der Waals surface area contributed by atoms with Crippen LogP contribution in [-0.2, 0) is 25.5 Å². The van der Waals surface area contributed by atoms with E-state index in [1.165, 1.54) is 5.56 Å². The lowest BCUT2D eigenvalue weighted by Crippen LogP contribution is -2.48. The van der Waals surface area contributed by atoms with Gasteiger partial charge in [0, 0.05) is 42.8 Å². The molecule has 4 atom stereocenters. The molecule has 0 radical (unpaired) electrons. The number of halogens is 1. The molecule has 3 fully saturated rings. The van der Waals surface area contributed by atoms with Crippen LogP contribution in [0, 0.1) is 17.8 Å². The van der Waals surface area contributed by atoms with Gasteiger partial charge in [-0.3, -0.25) is 19.4 Å². The third kappa shape index (κ3) is 7.27. The standard InChI is InChI=1S/C40H44BBrN2O6/c1-49-25-30-22-33-38(40(47)44(39(33)46)32-16-18-43(19-17-32)24-26-8-4-2-5-9-26)34-23-41(48)50-36(37(30)34)15-12-28(27-10-6-3-7-11-27)20-29-21-31(42)13-14-35(29)45/h2-11,13-14,20-21,32-34,36,38,45,48H,12,15-19,22-25H2,1H3/b28-20-/t33-,34+,36-,38-/m1/s1. The van der Waals surface area contributed by atoms with E-state index < -0.39 is 25.1 Å². The summed E-state index contributed by atoms with van der Waals surface area (Å²) in [6.07, 6.45) is 4.95. The number of benzene rings is 3. The second-order valence-corrected chi connectivity index (χ2v) is 15.0. The molecule has 3 aliphatic heterocycles. The number of rotatable bonds is 10. The number of allylic oxidation sites excluding steroid dienone is 1. The maximum absolute atomic E-state index is 14.3. The highest BCUT2D eigenvalue weighted by atomic mass is 79.9. The van der Waals surface area contributed by atoms with Crippen LogP contribution in [-0.4, -0.2) is 77.8 Å². The van der Waals surface area contributed by atoms with Crippen LogP contribution in [0.4, 0.5) is 0 Å². The molecule has 3 heterocycles. The first kappa shape index (κ1) is 34.9. The Bertz CT molecular complexity index is 1760. The molecule has 2 N–H and O–H groups in total. The molecule has 50 heavy (non-hydrogen) atoms. The average molecular weight is 740 g/mol. The van der Waals surface area contributed by atoms with Crippen LogP contribution in [0.1, 0.15) is 48.8 Å². The van der Waals surface area contributed by atoms with Gasteiger partial charge < -0.3 is 19.5 Å². The highest BCUT2D eigenvalue weighted by Gasteiger charge is 2.58. The molecule has 10 heteroatoms. The number of likely N-dealkylation sites (tertiary alicyclic amines) is 2. The molecule has 8 nitrogen and oxygen atoms in total. The summed E-state index contributed by atoms with van der Waals surface area (Å²) in [5.41, 5.74) is 6.01. The quantitative estimate of drug-likeness (QED) is 0.105. The first-order valence-electron chi connectivity index (χ1n) is 17.7. The van der Waals surface area contributed by atoms with Crippen LogP contribution in [0.2, 0.25) is 6.32 Å². The lowest BCUT2D eigenvalue weighted by atomic mass is 9.58. The number of phenolic OH excluding ortho intramolecular Hbond substituents is 1. The number of imide groups is 1. The van der Waals surface area contributed by atoms with Crippen molar-refractivity contribution in [3.63, 3.8) is 0 Å². The number of aromatic hydroxyl groups is 1. The number of amides is 2. The number of carbonyl (C=O) groups excluding carboxylic acids is 2. The SMILES string of the molecule is COCC1=C2[C@@H](CC/C(=C/c3cc(Br)ccc3O)c3ccccc3)OB(O)C[C@@H]2[C@@H]2C(=O)N(C3CCN(Cc4ccccc4)CC3)C(=O)[C@@H]2C1. The van der Waals surface area contributed by atoms with Gasteiger partial charge in [0.25, 0.3) is 0 Å². The topological polar surface area (TPSA) is 99.5 Å². The molecule has 3 saturated heterocycles. The number of hydrogen-bond acceptors (Lipinski definition) is 7. The molecule has 0 aromatic heterocycles. The van der Waals surface area contributed by atoms with Crippen LogP contribution in [0.15, 0.2) is 94.5 Å². The zero-order chi connectivity index (χ0) is 34.8. The van der Waals surface area contributed by atoms with Crippen molar-refractivity contribution < 1.29 is 29.1 Å². The van der Waals surface area contributed by atoms with E-state index >= 15 is 0 Å². The Morgan fingerprint density at radius 1 is 1.00 bits per heavy atom. The Morgan fingerprint density at radius 2 is 1.72 bits per heavy atom. The van der Waals surface area contributed by atoms with Gasteiger partial charge >= 0.3 is 7.12 Å². The van der Waals surface area contributed by atoms with Gasteiger partial charge in [0.1, 0.15) is 5.75 Å². The van der Waals surface area contributed by atoms with Gasteiger partial charge in [-0.2, -0.15) is 0 Å². The molecule has 1 aliphatic carbocycles. The minimum Gasteiger partial charge on any atom is -0.507 e. The van der Waals surface area contributed by atoms with E-state index in [1.54, 1.807) is 24.1 Å². The second kappa shape index (κ2) is 15.4. The lowest BCUT2D eigenvalue weighted by Gasteiger charge is -2.43. The van der Waals surface area contributed by atoms with E-state index in [2.05, 4.69) is 45.1 Å². The minimum absolute atomic E-state index is 0.0742. The van der Waals surface area contributed by atoms with E-state index in [9.17, 15) is 19.7 Å². The fraction of sp³-hybridized carbons (Fsp3) is 0.400. The number of methoxy groups -OCH3 is 1. The van der Waals surface area contributed by atoms with Crippen molar-refractivity contribution in [1.82, 2.24) is 9.80 Å². The fourth-order valence-corrected chi connectivity index (χ4v) is 9.08. The Hall–Kier alpha value is -3.54. The summed E-state index contributed by atoms with van der Waals surface area (Å²) in [4.78, 5) is 32.5. The number of fused-ring (bicyclic) bond motifs is 3. The molecule has 7 rings (SSSR count). The van der Waals surface area contributed by atoms with E-state index in [-0.39, 0.29) is 35.8 Å². The number of nitrogens with zero attached hydrogens (tertiary/aromatic N) is 2. The largest absolute Gasteiger partial charge is 0.507 e. The molecule has 0 spiro atoms. The summed E-state index contributed by atoms with van der Waals surface area (Å²) in [6, 6.07) is 25.7. The van der Waals surface area contributed by atoms with Gasteiger partial charge in [-0.05, 0) is 96.5 Å². The summed E-state index contributed by atoms with van der Waals surface area (Å²) in [5, 5.41) is 21.8. The molecule has 3 aromatic rings. The van der Waals surface area contributed by atoms with Crippen molar-refractivity contribution in [3.05, 3.63) is 111 Å². The van der Waals surface area contributed by atoms with Crippen LogP contribution in [0.5, 0.6) is 5.75 Å². The predicted molar refractivity (Wildman–Crippen MR) is 198 cm³/mol. The van der Waals surface area contributed by atoms with E-state index in [0.29, 0.717) is 31.4 Å². The van der Waals surface area contributed by atoms with Crippen molar-refractivity contribution in [2.45, 2.75) is 57.1 Å². The Kier molecular flexibility index (Phi) is 10.7. The van der Waals surface area contributed by atoms with E-state index in [4.69, 9.17) is 9.39 Å². The Morgan fingerprint density at radius 3 is 2.44 bits per heavy atom. The van der Waals surface area contributed by atoms with Gasteiger partial charge in [-0.1, -0.05) is 76.6 Å². The summed E-state index contributed by atoms with van der Waals surface area (Å²) in [5.74, 6) is -1.24. The van der Waals surface area contributed by atoms with Gasteiger partial charge in [0.05, 0.1) is 24.5 Å². The van der Waals surface area contributed by atoms with Crippen molar-refractivity contribution >= 4 is 46.5 Å². The average Bonchev–Trinajstić information content (AvgIpc) is 3.37. The number of phenols is 1. The molecular weight excluding hydrogens is 695 g/mol. The molecule has 260 valence electrons. The minimum atomic E-state index is -1.05. The number of ether oxygens (including phenoxy) is 1. The van der Waals surface area contributed by atoms with Crippen molar-refractivity contribution in [1.29, 1.82) is 0 Å². The molecule has 0 unspecified atom stereocenters. The molecule has 4 aliphatic rings. The predicted octanol–water partition coefficient (Wildman–Crippen LogP) is 6.58. The Balaban J connectivity index is 1.12. The van der Waals surface area contributed by atoms with E-state index in [1.807, 2.05) is 48.5 Å². The van der Waals surface area contributed by atoms with Crippen LogP contribution in [0.25, 0.3) is 11.6 Å². The molecule has 3 aromatic carbocycles. The Labute approximate surface area is 303 Å². The summed E-state index contributed by atoms with van der Waals surface area (Å²) in [6.45, 7) is 2.87. The second-order valence-electron chi connectivity index (χ2n) is 14.1. The molecule has 0 bridgehead atoms. The first-order valence-corrected chi connectivity index (χ1v) is 18.5. The van der Waals surface area contributed by atoms with Crippen LogP contribution in [0.3, 0.4) is 0 Å². The summed E-state index contributed by atoms with van der Waals surface area (Å²) in [7, 11) is 0.604. The molecular formula is C40H44BBrN2O6. The highest BCUT2D eigenvalue weighted by molar-refractivity contribution is 9.10. The van der Waals surface area contributed by atoms with Crippen molar-refractivity contribution in [2.75, 3.05) is 26.8 Å². The van der Waals surface area contributed by atoms with Crippen molar-refractivity contribution in [3.8, 4) is 5.75 Å². The van der Waals surface area contributed by atoms with Crippen molar-refractivity contribution in [2.24, 2.45) is 17.8 Å². The third-order valence-corrected chi connectivity index (χ3v) is 11.5. The summed E-state index contributed by atoms with van der Waals surface area (Å²) < 4.78 is 12.8. The van der Waals surface area contributed by atoms with Crippen LogP contribution < -0.4 is 0 Å². The smallest absolute Gasteiger partial charge is 0.455 e. The van der Waals surface area contributed by atoms with Gasteiger partial charge in [-0.15, -0.1) is 0 Å². The maximum atomic E-state index is 14.3. The van der Waals surface area contributed by atoms with E-state index in [0.717, 1.165) is 59.2 Å².